The number of hydrogen-bond acceptors (Lipinski definition) is 2. The summed E-state index contributed by atoms with van der Waals surface area (Å²) in [7, 11) is 1.78. The Morgan fingerprint density at radius 3 is 2.20 bits per heavy atom. The molecule has 1 atom stereocenters. The van der Waals surface area contributed by atoms with Crippen LogP contribution in [-0.4, -0.2) is 31.6 Å². The molecule has 84 valence electrons. The van der Waals surface area contributed by atoms with E-state index in [1.54, 1.807) is 7.11 Å². The molecule has 0 unspecified atom stereocenters. The van der Waals surface area contributed by atoms with Gasteiger partial charge >= 0.3 is 0 Å². The third-order valence-electron chi connectivity index (χ3n) is 2.77. The van der Waals surface area contributed by atoms with Gasteiger partial charge in [-0.3, -0.25) is 0 Å². The van der Waals surface area contributed by atoms with Crippen molar-refractivity contribution in [1.82, 2.24) is 4.90 Å². The van der Waals surface area contributed by atoms with Crippen molar-refractivity contribution in [3.05, 3.63) is 35.9 Å². The van der Waals surface area contributed by atoms with Gasteiger partial charge in [0.2, 0.25) is 0 Å². The van der Waals surface area contributed by atoms with Crippen LogP contribution in [0.4, 0.5) is 0 Å². The smallest absolute Gasteiger partial charge is 0.0947 e. The number of rotatable bonds is 6. The van der Waals surface area contributed by atoms with E-state index >= 15 is 0 Å². The molecule has 0 radical (unpaired) electrons. The van der Waals surface area contributed by atoms with Crippen LogP contribution in [0.1, 0.15) is 25.5 Å². The highest BCUT2D eigenvalue weighted by atomic mass is 16.5. The molecule has 0 saturated heterocycles. The Balaban J connectivity index is 2.64. The van der Waals surface area contributed by atoms with Crippen molar-refractivity contribution in [2.45, 2.75) is 20.0 Å². The largest absolute Gasteiger partial charge is 0.375 e. The zero-order chi connectivity index (χ0) is 11.1. The summed E-state index contributed by atoms with van der Waals surface area (Å²) in [6.45, 7) is 7.47. The van der Waals surface area contributed by atoms with Crippen LogP contribution < -0.4 is 0 Å². The summed E-state index contributed by atoms with van der Waals surface area (Å²) in [4.78, 5) is 2.38. The van der Waals surface area contributed by atoms with Crippen molar-refractivity contribution in [2.75, 3.05) is 26.7 Å². The van der Waals surface area contributed by atoms with Crippen LogP contribution in [0.2, 0.25) is 0 Å². The minimum Gasteiger partial charge on any atom is -0.375 e. The van der Waals surface area contributed by atoms with Crippen molar-refractivity contribution in [3.8, 4) is 0 Å². The minimum absolute atomic E-state index is 0.186. The van der Waals surface area contributed by atoms with E-state index in [2.05, 4.69) is 43.0 Å². The molecule has 1 rings (SSSR count). The first-order valence-corrected chi connectivity index (χ1v) is 5.61. The molecular formula is C13H21NO. The molecule has 0 aliphatic carbocycles. The first kappa shape index (κ1) is 12.2. The molecule has 0 heterocycles. The Kier molecular flexibility index (Phi) is 5.37. The Bertz CT molecular complexity index is 256. The first-order valence-electron chi connectivity index (χ1n) is 5.61. The van der Waals surface area contributed by atoms with Crippen LogP contribution in [-0.2, 0) is 4.74 Å². The highest BCUT2D eigenvalue weighted by molar-refractivity contribution is 5.17. The van der Waals surface area contributed by atoms with E-state index < -0.39 is 0 Å². The minimum atomic E-state index is 0.186. The summed E-state index contributed by atoms with van der Waals surface area (Å²) in [6.07, 6.45) is 0.186. The Morgan fingerprint density at radius 2 is 1.73 bits per heavy atom. The molecule has 0 bridgehead atoms. The summed E-state index contributed by atoms with van der Waals surface area (Å²) in [5, 5.41) is 0. The molecule has 0 aromatic heterocycles. The molecule has 0 amide bonds. The molecular weight excluding hydrogens is 186 g/mol. The maximum absolute atomic E-state index is 5.53. The second-order valence-corrected chi connectivity index (χ2v) is 3.62. The maximum Gasteiger partial charge on any atom is 0.0947 e. The van der Waals surface area contributed by atoms with Crippen molar-refractivity contribution in [2.24, 2.45) is 0 Å². The predicted octanol–water partition coefficient (Wildman–Crippen LogP) is 2.72. The quantitative estimate of drug-likeness (QED) is 0.711. The van der Waals surface area contributed by atoms with Gasteiger partial charge in [0, 0.05) is 13.7 Å². The summed E-state index contributed by atoms with van der Waals surface area (Å²) in [6, 6.07) is 10.4. The zero-order valence-corrected chi connectivity index (χ0v) is 9.94. The lowest BCUT2D eigenvalue weighted by molar-refractivity contribution is 0.0668. The standard InChI is InChI=1S/C13H21NO/c1-4-14(5-2)11-13(15-3)12-9-7-6-8-10-12/h6-10,13H,4-5,11H2,1-3H3/t13-/m1/s1. The van der Waals surface area contributed by atoms with Gasteiger partial charge in [0.1, 0.15) is 0 Å². The normalized spacial score (nSPS) is 13.1. The van der Waals surface area contributed by atoms with Gasteiger partial charge in [0.25, 0.3) is 0 Å². The van der Waals surface area contributed by atoms with E-state index in [1.807, 2.05) is 6.07 Å². The van der Waals surface area contributed by atoms with Gasteiger partial charge in [-0.25, -0.2) is 0 Å². The highest BCUT2D eigenvalue weighted by Crippen LogP contribution is 2.17. The second-order valence-electron chi connectivity index (χ2n) is 3.62. The molecule has 0 spiro atoms. The highest BCUT2D eigenvalue weighted by Gasteiger charge is 2.12. The molecule has 2 heteroatoms. The maximum atomic E-state index is 5.53. The molecule has 15 heavy (non-hydrogen) atoms. The number of benzene rings is 1. The van der Waals surface area contributed by atoms with Gasteiger partial charge in [0.15, 0.2) is 0 Å². The lowest BCUT2D eigenvalue weighted by Gasteiger charge is -2.24. The Morgan fingerprint density at radius 1 is 1.13 bits per heavy atom. The summed E-state index contributed by atoms with van der Waals surface area (Å²) in [5.41, 5.74) is 1.26. The molecule has 1 aromatic carbocycles. The van der Waals surface area contributed by atoms with Gasteiger partial charge in [0.05, 0.1) is 6.10 Å². The number of methoxy groups -OCH3 is 1. The van der Waals surface area contributed by atoms with Crippen molar-refractivity contribution < 1.29 is 4.74 Å². The molecule has 0 fully saturated rings. The van der Waals surface area contributed by atoms with E-state index in [1.165, 1.54) is 5.56 Å². The average Bonchev–Trinajstić information content (AvgIpc) is 2.32. The third-order valence-corrected chi connectivity index (χ3v) is 2.77. The predicted molar refractivity (Wildman–Crippen MR) is 64.0 cm³/mol. The third kappa shape index (κ3) is 3.65. The molecule has 0 aliphatic heterocycles. The van der Waals surface area contributed by atoms with Crippen LogP contribution in [0.15, 0.2) is 30.3 Å². The van der Waals surface area contributed by atoms with Crippen molar-refractivity contribution in [3.63, 3.8) is 0 Å². The van der Waals surface area contributed by atoms with Crippen LogP contribution in [0.25, 0.3) is 0 Å². The Labute approximate surface area is 92.9 Å². The fourth-order valence-electron chi connectivity index (χ4n) is 1.70. The summed E-state index contributed by atoms with van der Waals surface area (Å²) in [5.74, 6) is 0. The molecule has 1 aromatic rings. The monoisotopic (exact) mass is 207 g/mol. The first-order chi connectivity index (χ1) is 7.31. The van der Waals surface area contributed by atoms with Gasteiger partial charge < -0.3 is 9.64 Å². The van der Waals surface area contributed by atoms with Gasteiger partial charge in [-0.2, -0.15) is 0 Å². The van der Waals surface area contributed by atoms with Crippen LogP contribution in [0, 0.1) is 0 Å². The van der Waals surface area contributed by atoms with Crippen molar-refractivity contribution >= 4 is 0 Å². The lowest BCUT2D eigenvalue weighted by atomic mass is 10.1. The van der Waals surface area contributed by atoms with E-state index in [-0.39, 0.29) is 6.10 Å². The zero-order valence-electron chi connectivity index (χ0n) is 9.94. The summed E-state index contributed by atoms with van der Waals surface area (Å²) >= 11 is 0. The molecule has 0 saturated carbocycles. The van der Waals surface area contributed by atoms with E-state index in [9.17, 15) is 0 Å². The molecule has 0 N–H and O–H groups in total. The lowest BCUT2D eigenvalue weighted by Crippen LogP contribution is -2.29. The van der Waals surface area contributed by atoms with Crippen molar-refractivity contribution in [1.29, 1.82) is 0 Å². The van der Waals surface area contributed by atoms with E-state index in [0.717, 1.165) is 19.6 Å². The SMILES string of the molecule is CCN(CC)C[C@@H](OC)c1ccccc1. The van der Waals surface area contributed by atoms with E-state index in [0.29, 0.717) is 0 Å². The Hall–Kier alpha value is -0.860. The number of ether oxygens (including phenoxy) is 1. The van der Waals surface area contributed by atoms with Crippen LogP contribution in [0.3, 0.4) is 0 Å². The number of nitrogens with zero attached hydrogens (tertiary/aromatic N) is 1. The topological polar surface area (TPSA) is 12.5 Å². The fourth-order valence-corrected chi connectivity index (χ4v) is 1.70. The fraction of sp³-hybridized carbons (Fsp3) is 0.538. The second kappa shape index (κ2) is 6.59. The van der Waals surface area contributed by atoms with Crippen LogP contribution >= 0.6 is 0 Å². The van der Waals surface area contributed by atoms with Gasteiger partial charge in [-0.15, -0.1) is 0 Å². The number of likely N-dealkylation sites (N-methyl/N-ethyl adjacent to an activating group) is 1. The van der Waals surface area contributed by atoms with Crippen LogP contribution in [0.5, 0.6) is 0 Å². The molecule has 2 nitrogen and oxygen atoms in total. The average molecular weight is 207 g/mol. The molecule has 0 aliphatic rings. The van der Waals surface area contributed by atoms with Gasteiger partial charge in [-0.05, 0) is 18.7 Å². The number of hydrogen-bond donors (Lipinski definition) is 0. The van der Waals surface area contributed by atoms with E-state index in [4.69, 9.17) is 4.74 Å². The summed E-state index contributed by atoms with van der Waals surface area (Å²) < 4.78 is 5.53. The van der Waals surface area contributed by atoms with Gasteiger partial charge in [-0.1, -0.05) is 44.2 Å².